The largest absolute Gasteiger partial charge is 0.456 e. The van der Waals surface area contributed by atoms with Gasteiger partial charge in [0.15, 0.2) is 6.17 Å². The Labute approximate surface area is 341 Å². The van der Waals surface area contributed by atoms with Gasteiger partial charge in [-0.25, -0.2) is 9.98 Å². The van der Waals surface area contributed by atoms with Crippen molar-refractivity contribution in [3.63, 3.8) is 0 Å². The Kier molecular flexibility index (Phi) is 6.88. The molecule has 13 rings (SSSR count). The van der Waals surface area contributed by atoms with Gasteiger partial charge in [-0.1, -0.05) is 127 Å². The highest BCUT2D eigenvalue weighted by Gasteiger charge is 2.27. The highest BCUT2D eigenvalue weighted by molar-refractivity contribution is 7.25. The minimum absolute atomic E-state index is 0.569. The standard InChI is InChI=1S/C53H31N3O2S/c1-2-11-34-30(10-1)20-21-31-28-32(22-24-35(31)34)51-54-52(33-23-27-45-42(29-33)36-12-3-6-16-43(36)57-45)56-53(55-51)41-26-25-38(50-49(41)39-13-4-7-17-44(39)58-50)37-15-9-19-47-48(37)40-14-5-8-18-46(40)59-47/h1-29,53H,(H,54,55,56). The Morgan fingerprint density at radius 3 is 1.97 bits per heavy atom. The quantitative estimate of drug-likeness (QED) is 0.181. The molecule has 1 aliphatic heterocycles. The third-order valence-corrected chi connectivity index (χ3v) is 13.1. The second-order valence-corrected chi connectivity index (χ2v) is 16.4. The summed E-state index contributed by atoms with van der Waals surface area (Å²) in [5, 5.41) is 15.2. The van der Waals surface area contributed by atoms with Crippen molar-refractivity contribution in [2.75, 3.05) is 0 Å². The summed E-state index contributed by atoms with van der Waals surface area (Å²) in [5.74, 6) is 1.50. The predicted octanol–water partition coefficient (Wildman–Crippen LogP) is 14.3. The molecule has 0 radical (unpaired) electrons. The normalized spacial score (nSPS) is 14.6. The first kappa shape index (κ1) is 32.5. The molecule has 12 aromatic rings. The number of furan rings is 2. The fourth-order valence-corrected chi connectivity index (χ4v) is 10.3. The van der Waals surface area contributed by atoms with Crippen LogP contribution in [0.2, 0.25) is 0 Å². The number of rotatable bonds is 4. The summed E-state index contributed by atoms with van der Waals surface area (Å²) in [7, 11) is 0. The molecule has 1 atom stereocenters. The highest BCUT2D eigenvalue weighted by Crippen LogP contribution is 2.46. The van der Waals surface area contributed by atoms with Gasteiger partial charge in [0.2, 0.25) is 0 Å². The van der Waals surface area contributed by atoms with Gasteiger partial charge in [0.25, 0.3) is 0 Å². The van der Waals surface area contributed by atoms with Crippen LogP contribution in [0.4, 0.5) is 0 Å². The summed E-state index contributed by atoms with van der Waals surface area (Å²) < 4.78 is 15.6. The van der Waals surface area contributed by atoms with E-state index < -0.39 is 6.17 Å². The molecule has 0 saturated carbocycles. The topological polar surface area (TPSA) is 63.0 Å². The molecular weight excluding hydrogens is 743 g/mol. The zero-order valence-corrected chi connectivity index (χ0v) is 32.3. The fourth-order valence-electron chi connectivity index (χ4n) is 9.20. The molecular formula is C53H31N3O2S. The minimum atomic E-state index is -0.569. The lowest BCUT2D eigenvalue weighted by atomic mass is 9.94. The number of amidine groups is 2. The van der Waals surface area contributed by atoms with Crippen LogP contribution in [0.1, 0.15) is 22.9 Å². The van der Waals surface area contributed by atoms with Crippen molar-refractivity contribution in [3.05, 3.63) is 193 Å². The van der Waals surface area contributed by atoms with Crippen LogP contribution in [0.3, 0.4) is 0 Å². The Morgan fingerprint density at radius 1 is 0.424 bits per heavy atom. The van der Waals surface area contributed by atoms with Gasteiger partial charge in [-0.15, -0.1) is 11.3 Å². The molecule has 0 fully saturated rings. The van der Waals surface area contributed by atoms with Crippen LogP contribution in [0.25, 0.3) is 96.7 Å². The molecule has 0 bridgehead atoms. The van der Waals surface area contributed by atoms with Crippen LogP contribution in [0.15, 0.2) is 195 Å². The molecule has 5 nitrogen and oxygen atoms in total. The summed E-state index contributed by atoms with van der Waals surface area (Å²) in [6.07, 6.45) is -0.569. The highest BCUT2D eigenvalue weighted by atomic mass is 32.1. The lowest BCUT2D eigenvalue weighted by molar-refractivity contribution is 0.668. The molecule has 0 aliphatic carbocycles. The first-order valence-corrected chi connectivity index (χ1v) is 20.6. The maximum Gasteiger partial charge on any atom is 0.170 e. The van der Waals surface area contributed by atoms with E-state index in [0.29, 0.717) is 0 Å². The Hall–Kier alpha value is -7.54. The number of hydrogen-bond acceptors (Lipinski definition) is 6. The number of aliphatic imine (C=N–C) groups is 2. The number of benzene rings is 9. The molecule has 276 valence electrons. The zero-order chi connectivity index (χ0) is 38.6. The van der Waals surface area contributed by atoms with Gasteiger partial charge >= 0.3 is 0 Å². The van der Waals surface area contributed by atoms with E-state index in [1.54, 1.807) is 0 Å². The van der Waals surface area contributed by atoms with Crippen molar-refractivity contribution in [2.45, 2.75) is 6.17 Å². The molecule has 3 aromatic heterocycles. The van der Waals surface area contributed by atoms with Crippen LogP contribution in [-0.4, -0.2) is 11.7 Å². The van der Waals surface area contributed by atoms with Crippen molar-refractivity contribution < 1.29 is 8.83 Å². The Bertz CT molecular complexity index is 3790. The number of para-hydroxylation sites is 2. The average Bonchev–Trinajstić information content (AvgIpc) is 4.00. The van der Waals surface area contributed by atoms with E-state index in [1.165, 1.54) is 36.3 Å². The molecule has 1 aliphatic rings. The molecule has 0 amide bonds. The summed E-state index contributed by atoms with van der Waals surface area (Å²) in [6.45, 7) is 0. The van der Waals surface area contributed by atoms with E-state index >= 15 is 0 Å². The first-order chi connectivity index (χ1) is 29.2. The lowest BCUT2D eigenvalue weighted by Crippen LogP contribution is -2.36. The molecule has 4 heterocycles. The van der Waals surface area contributed by atoms with E-state index in [9.17, 15) is 0 Å². The smallest absolute Gasteiger partial charge is 0.170 e. The van der Waals surface area contributed by atoms with Gasteiger partial charge in [-0.3, -0.25) is 0 Å². The number of fused-ring (bicyclic) bond motifs is 12. The Balaban J connectivity index is 1.04. The van der Waals surface area contributed by atoms with Crippen LogP contribution in [0, 0.1) is 0 Å². The molecule has 6 heteroatoms. The van der Waals surface area contributed by atoms with E-state index in [-0.39, 0.29) is 0 Å². The summed E-state index contributed by atoms with van der Waals surface area (Å²) in [6, 6.07) is 62.0. The van der Waals surface area contributed by atoms with E-state index in [4.69, 9.17) is 18.8 Å². The predicted molar refractivity (Wildman–Crippen MR) is 246 cm³/mol. The summed E-state index contributed by atoms with van der Waals surface area (Å²) in [5.41, 5.74) is 8.50. The van der Waals surface area contributed by atoms with Gasteiger partial charge in [0, 0.05) is 64.0 Å². The minimum Gasteiger partial charge on any atom is -0.456 e. The average molecular weight is 774 g/mol. The number of nitrogens with zero attached hydrogens (tertiary/aromatic N) is 2. The van der Waals surface area contributed by atoms with Gasteiger partial charge < -0.3 is 14.2 Å². The van der Waals surface area contributed by atoms with E-state index in [0.717, 1.165) is 88.8 Å². The second-order valence-electron chi connectivity index (χ2n) is 15.3. The van der Waals surface area contributed by atoms with E-state index in [1.807, 2.05) is 35.6 Å². The third-order valence-electron chi connectivity index (χ3n) is 11.9. The molecule has 59 heavy (non-hydrogen) atoms. The van der Waals surface area contributed by atoms with E-state index in [2.05, 4.69) is 157 Å². The van der Waals surface area contributed by atoms with Crippen LogP contribution in [-0.2, 0) is 0 Å². The Morgan fingerprint density at radius 2 is 1.08 bits per heavy atom. The summed E-state index contributed by atoms with van der Waals surface area (Å²) >= 11 is 1.83. The zero-order valence-electron chi connectivity index (χ0n) is 31.4. The molecule has 9 aromatic carbocycles. The van der Waals surface area contributed by atoms with Gasteiger partial charge in [-0.05, 0) is 75.6 Å². The monoisotopic (exact) mass is 773 g/mol. The van der Waals surface area contributed by atoms with Gasteiger partial charge in [0.05, 0.1) is 0 Å². The van der Waals surface area contributed by atoms with Crippen LogP contribution in [0.5, 0.6) is 0 Å². The molecule has 0 spiro atoms. The van der Waals surface area contributed by atoms with Crippen molar-refractivity contribution in [2.24, 2.45) is 9.98 Å². The second kappa shape index (κ2) is 12.5. The molecule has 1 unspecified atom stereocenters. The third kappa shape index (κ3) is 4.97. The molecule has 0 saturated heterocycles. The maximum atomic E-state index is 6.87. The van der Waals surface area contributed by atoms with Gasteiger partial charge in [-0.2, -0.15) is 0 Å². The summed E-state index contributed by atoms with van der Waals surface area (Å²) in [4.78, 5) is 10.9. The van der Waals surface area contributed by atoms with Gasteiger partial charge in [0.1, 0.15) is 34.0 Å². The first-order valence-electron chi connectivity index (χ1n) is 19.8. The number of nitrogens with one attached hydrogen (secondary N) is 1. The number of hydrogen-bond donors (Lipinski definition) is 1. The van der Waals surface area contributed by atoms with Crippen molar-refractivity contribution >= 4 is 109 Å². The van der Waals surface area contributed by atoms with Crippen molar-refractivity contribution in [1.29, 1.82) is 0 Å². The molecule has 1 N–H and O–H groups in total. The van der Waals surface area contributed by atoms with Crippen molar-refractivity contribution in [3.8, 4) is 11.1 Å². The number of thiophene rings is 1. The van der Waals surface area contributed by atoms with Crippen LogP contribution >= 0.6 is 11.3 Å². The van der Waals surface area contributed by atoms with Crippen molar-refractivity contribution in [1.82, 2.24) is 5.32 Å². The maximum absolute atomic E-state index is 6.87. The van der Waals surface area contributed by atoms with Crippen LogP contribution < -0.4 is 5.32 Å². The SMILES string of the molecule is c1ccc2c(c1)ccc1cc(C3=NC(c4ccc(-c5cccc6sc7ccccc7c56)c5oc6ccccc6c45)N=C(c4ccc5oc6ccccc6c5c4)N3)ccc12. The lowest BCUT2D eigenvalue weighted by Gasteiger charge is -2.23. The fraction of sp³-hybridized carbons (Fsp3) is 0.0189.